The minimum absolute atomic E-state index is 0.189. The van der Waals surface area contributed by atoms with Gasteiger partial charge in [-0.3, -0.25) is 9.59 Å². The summed E-state index contributed by atoms with van der Waals surface area (Å²) in [6, 6.07) is 1.91. The molecule has 1 aliphatic carbocycles. The number of aromatic hydroxyl groups is 2. The summed E-state index contributed by atoms with van der Waals surface area (Å²) in [7, 11) is 0. The van der Waals surface area contributed by atoms with Crippen LogP contribution >= 0.6 is 0 Å². The quantitative estimate of drug-likeness (QED) is 0.609. The Morgan fingerprint density at radius 1 is 0.750 bits per heavy atom. The van der Waals surface area contributed by atoms with Crippen LogP contribution in [0.15, 0.2) is 12.1 Å². The van der Waals surface area contributed by atoms with Gasteiger partial charge < -0.3 is 20.4 Å². The first kappa shape index (κ1) is 15.5. The first-order chi connectivity index (χ1) is 11.3. The maximum Gasteiger partial charge on any atom is 0.336 e. The van der Waals surface area contributed by atoms with E-state index in [4.69, 9.17) is 0 Å². The van der Waals surface area contributed by atoms with Gasteiger partial charge >= 0.3 is 11.9 Å². The van der Waals surface area contributed by atoms with Crippen molar-refractivity contribution < 1.29 is 39.6 Å². The van der Waals surface area contributed by atoms with Crippen LogP contribution in [0.3, 0.4) is 0 Å². The number of phenolic OH excluding ortho intramolecular Hbond substituents is 2. The summed E-state index contributed by atoms with van der Waals surface area (Å²) in [4.78, 5) is 46.9. The highest BCUT2D eigenvalue weighted by molar-refractivity contribution is 6.25. The maximum atomic E-state index is 12.1. The molecule has 0 saturated heterocycles. The Balaban J connectivity index is 2.65. The monoisotopic (exact) mass is 330 g/mol. The molecule has 0 fully saturated rings. The number of carbonyl (C=O) groups excluding carboxylic acids is 2. The molecule has 8 heteroatoms. The number of fused-ring (bicyclic) bond motifs is 2. The smallest absolute Gasteiger partial charge is 0.336 e. The molecule has 0 spiro atoms. The Hall–Kier alpha value is -3.42. The molecule has 0 heterocycles. The van der Waals surface area contributed by atoms with Gasteiger partial charge in [-0.15, -0.1) is 0 Å². The average molecular weight is 330 g/mol. The van der Waals surface area contributed by atoms with Gasteiger partial charge in [0.1, 0.15) is 11.5 Å². The van der Waals surface area contributed by atoms with E-state index in [0.717, 1.165) is 12.1 Å². The number of ketones is 2. The zero-order chi connectivity index (χ0) is 17.8. The fourth-order valence-electron chi connectivity index (χ4n) is 2.96. The number of carboxylic acid groups (broad SMARTS) is 2. The summed E-state index contributed by atoms with van der Waals surface area (Å²) in [6.07, 6.45) is -0.378. The first-order valence-corrected chi connectivity index (χ1v) is 6.83. The predicted molar refractivity (Wildman–Crippen MR) is 79.1 cm³/mol. The van der Waals surface area contributed by atoms with Gasteiger partial charge in [0.25, 0.3) is 0 Å². The highest BCUT2D eigenvalue weighted by Crippen LogP contribution is 2.45. The number of rotatable bonds is 2. The molecule has 8 nitrogen and oxygen atoms in total. The molecule has 122 valence electrons. The lowest BCUT2D eigenvalue weighted by molar-refractivity contribution is 0.0684. The molecule has 0 aromatic heterocycles. The molecule has 0 radical (unpaired) electrons. The highest BCUT2D eigenvalue weighted by Gasteiger charge is 2.34. The molecular formula is C16H10O8. The lowest BCUT2D eigenvalue weighted by Crippen LogP contribution is -2.18. The number of carboxylic acids is 2. The van der Waals surface area contributed by atoms with E-state index in [9.17, 15) is 39.6 Å². The number of hydrogen-bond donors (Lipinski definition) is 4. The fourth-order valence-corrected chi connectivity index (χ4v) is 2.96. The lowest BCUT2D eigenvalue weighted by atomic mass is 9.83. The van der Waals surface area contributed by atoms with E-state index >= 15 is 0 Å². The largest absolute Gasteiger partial charge is 0.506 e. The number of Topliss-reactive ketones (excluding diaryl/α,β-unsaturated/α-hetero) is 2. The van der Waals surface area contributed by atoms with E-state index < -0.39 is 68.0 Å². The Bertz CT molecular complexity index is 892. The van der Waals surface area contributed by atoms with Crippen molar-refractivity contribution in [2.24, 2.45) is 0 Å². The van der Waals surface area contributed by atoms with Crippen LogP contribution < -0.4 is 0 Å². The van der Waals surface area contributed by atoms with Gasteiger partial charge in [-0.05, 0) is 12.1 Å². The molecule has 0 aliphatic heterocycles. The highest BCUT2D eigenvalue weighted by atomic mass is 16.4. The minimum Gasteiger partial charge on any atom is -0.506 e. The van der Waals surface area contributed by atoms with Gasteiger partial charge in [-0.25, -0.2) is 9.59 Å². The van der Waals surface area contributed by atoms with Crippen LogP contribution in [0.4, 0.5) is 0 Å². The minimum atomic E-state index is -1.49. The average Bonchev–Trinajstić information content (AvgIpc) is 2.53. The third-order valence-corrected chi connectivity index (χ3v) is 4.00. The normalized spacial score (nSPS) is 13.8. The molecule has 0 atom stereocenters. The van der Waals surface area contributed by atoms with Crippen LogP contribution in [0.1, 0.15) is 54.3 Å². The number of aromatic carboxylic acids is 2. The van der Waals surface area contributed by atoms with Crippen LogP contribution in [-0.4, -0.2) is 43.9 Å². The number of hydrogen-bond acceptors (Lipinski definition) is 6. The van der Waals surface area contributed by atoms with Gasteiger partial charge in [-0.2, -0.15) is 0 Å². The van der Waals surface area contributed by atoms with E-state index in [1.165, 1.54) is 0 Å². The molecule has 0 unspecified atom stereocenters. The van der Waals surface area contributed by atoms with E-state index in [2.05, 4.69) is 0 Å². The predicted octanol–water partition coefficient (Wildman–Crippen LogP) is 1.81. The Kier molecular flexibility index (Phi) is 3.26. The van der Waals surface area contributed by atoms with Gasteiger partial charge in [0.2, 0.25) is 0 Å². The number of carbonyl (C=O) groups is 4. The molecule has 2 aromatic rings. The fraction of sp³-hybridized carbons (Fsp3) is 0.125. The van der Waals surface area contributed by atoms with Crippen molar-refractivity contribution in [3.8, 4) is 11.5 Å². The number of benzene rings is 2. The lowest BCUT2D eigenvalue weighted by Gasteiger charge is -2.20. The van der Waals surface area contributed by atoms with Crippen molar-refractivity contribution in [2.45, 2.75) is 12.8 Å². The van der Waals surface area contributed by atoms with E-state index in [1.807, 2.05) is 0 Å². The second kappa shape index (κ2) is 5.05. The zero-order valence-electron chi connectivity index (χ0n) is 12.0. The molecule has 3 rings (SSSR count). The van der Waals surface area contributed by atoms with Crippen molar-refractivity contribution in [1.29, 1.82) is 0 Å². The van der Waals surface area contributed by atoms with Crippen LogP contribution in [-0.2, 0) is 0 Å². The van der Waals surface area contributed by atoms with Crippen molar-refractivity contribution >= 4 is 34.3 Å². The van der Waals surface area contributed by atoms with Crippen LogP contribution in [0.5, 0.6) is 11.5 Å². The second-order valence-corrected chi connectivity index (χ2v) is 5.31. The summed E-state index contributed by atoms with van der Waals surface area (Å²) in [5.41, 5.74) is -1.92. The van der Waals surface area contributed by atoms with Crippen LogP contribution in [0, 0.1) is 0 Å². The topological polar surface area (TPSA) is 149 Å². The van der Waals surface area contributed by atoms with E-state index in [0.29, 0.717) is 0 Å². The summed E-state index contributed by atoms with van der Waals surface area (Å²) < 4.78 is 0. The molecule has 0 amide bonds. The summed E-state index contributed by atoms with van der Waals surface area (Å²) >= 11 is 0. The SMILES string of the molecule is O=C1CCC(=O)c2c1c(O)c1c(C(=O)O)ccc(C(=O)O)c1c2O. The number of phenols is 2. The van der Waals surface area contributed by atoms with Gasteiger partial charge in [-0.1, -0.05) is 0 Å². The third-order valence-electron chi connectivity index (χ3n) is 4.00. The molecule has 1 aliphatic rings. The molecular weight excluding hydrogens is 320 g/mol. The summed E-state index contributed by atoms with van der Waals surface area (Å²) in [5, 5.41) is 38.4. The van der Waals surface area contributed by atoms with Crippen LogP contribution in [0.2, 0.25) is 0 Å². The Morgan fingerprint density at radius 2 is 1.08 bits per heavy atom. The van der Waals surface area contributed by atoms with Gasteiger partial charge in [0.15, 0.2) is 11.6 Å². The van der Waals surface area contributed by atoms with Crippen molar-refractivity contribution in [3.05, 3.63) is 34.4 Å². The Morgan fingerprint density at radius 3 is 1.38 bits per heavy atom. The van der Waals surface area contributed by atoms with Crippen molar-refractivity contribution in [1.82, 2.24) is 0 Å². The molecule has 24 heavy (non-hydrogen) atoms. The van der Waals surface area contributed by atoms with E-state index in [1.54, 1.807) is 0 Å². The van der Waals surface area contributed by atoms with Crippen LogP contribution in [0.25, 0.3) is 10.8 Å². The van der Waals surface area contributed by atoms with Crippen molar-refractivity contribution in [2.75, 3.05) is 0 Å². The maximum absolute atomic E-state index is 12.1. The van der Waals surface area contributed by atoms with Crippen molar-refractivity contribution in [3.63, 3.8) is 0 Å². The van der Waals surface area contributed by atoms with E-state index in [-0.39, 0.29) is 12.8 Å². The molecule has 2 aromatic carbocycles. The molecule has 4 N–H and O–H groups in total. The second-order valence-electron chi connectivity index (χ2n) is 5.31. The standard InChI is InChI=1S/C16H10O8/c17-7-3-4-8(18)12-11(7)13(19)9-5(15(21)22)1-2-6(16(23)24)10(9)14(12)20/h1-2,19-20H,3-4H2,(H,21,22)(H,23,24). The van der Waals surface area contributed by atoms with Gasteiger partial charge in [0.05, 0.1) is 22.3 Å². The van der Waals surface area contributed by atoms with Gasteiger partial charge in [0, 0.05) is 23.6 Å². The Labute approximate surface area is 133 Å². The summed E-state index contributed by atoms with van der Waals surface area (Å²) in [6.45, 7) is 0. The molecule has 0 bridgehead atoms. The zero-order valence-corrected chi connectivity index (χ0v) is 12.0. The third kappa shape index (κ3) is 1.93. The first-order valence-electron chi connectivity index (χ1n) is 6.83. The molecule has 0 saturated carbocycles. The summed E-state index contributed by atoms with van der Waals surface area (Å²) in [5.74, 6) is -5.84.